The largest absolute Gasteiger partial charge is 0.490 e. The second-order valence-electron chi connectivity index (χ2n) is 8.99. The lowest BCUT2D eigenvalue weighted by molar-refractivity contribution is -0.192. The summed E-state index contributed by atoms with van der Waals surface area (Å²) >= 11 is 0. The predicted octanol–water partition coefficient (Wildman–Crippen LogP) is 6.89. The van der Waals surface area contributed by atoms with E-state index in [4.69, 9.17) is 9.90 Å². The molecule has 1 aromatic heterocycles. The average molecular weight is 510 g/mol. The number of alkyl halides is 3. The molecule has 0 saturated heterocycles. The molecule has 8 heteroatoms. The zero-order chi connectivity index (χ0) is 26.8. The quantitative estimate of drug-likeness (QED) is 0.241. The van der Waals surface area contributed by atoms with Gasteiger partial charge in [0.25, 0.3) is 0 Å². The Kier molecular flexibility index (Phi) is 9.63. The third-order valence-electron chi connectivity index (χ3n) is 5.44. The number of halogens is 3. The van der Waals surface area contributed by atoms with Crippen LogP contribution in [0.1, 0.15) is 25.0 Å². The molecular formula is C29H30F3N3O2. The lowest BCUT2D eigenvalue weighted by Crippen LogP contribution is -2.21. The number of nitrogens with zero attached hydrogens (tertiary/aromatic N) is 1. The molecule has 0 fully saturated rings. The van der Waals surface area contributed by atoms with Gasteiger partial charge in [0.05, 0.1) is 5.52 Å². The first-order valence-corrected chi connectivity index (χ1v) is 11.9. The first-order valence-electron chi connectivity index (χ1n) is 11.9. The number of fused-ring (bicyclic) bond motifs is 1. The summed E-state index contributed by atoms with van der Waals surface area (Å²) in [6, 6.07) is 28.0. The first-order chi connectivity index (χ1) is 17.6. The van der Waals surface area contributed by atoms with Crippen molar-refractivity contribution in [2.45, 2.75) is 33.1 Å². The third kappa shape index (κ3) is 8.91. The normalized spacial score (nSPS) is 11.2. The summed E-state index contributed by atoms with van der Waals surface area (Å²) in [6.45, 7) is 7.22. The molecular weight excluding hydrogens is 479 g/mol. The van der Waals surface area contributed by atoms with E-state index >= 15 is 0 Å². The minimum absolute atomic E-state index is 0.673. The highest BCUT2D eigenvalue weighted by Crippen LogP contribution is 2.23. The second-order valence-corrected chi connectivity index (χ2v) is 8.99. The Hall–Kier alpha value is -3.91. The predicted molar refractivity (Wildman–Crippen MR) is 141 cm³/mol. The fourth-order valence-electron chi connectivity index (χ4n) is 3.57. The molecule has 0 spiro atoms. The minimum atomic E-state index is -5.08. The molecule has 0 aliphatic heterocycles. The van der Waals surface area contributed by atoms with Crippen LogP contribution in [0.2, 0.25) is 0 Å². The number of nitrogens with one attached hydrogen (secondary N) is 2. The van der Waals surface area contributed by atoms with Crippen LogP contribution >= 0.6 is 0 Å². The number of rotatable bonds is 8. The molecule has 0 aliphatic carbocycles. The van der Waals surface area contributed by atoms with Crippen LogP contribution < -0.4 is 10.6 Å². The van der Waals surface area contributed by atoms with Crippen molar-refractivity contribution in [3.63, 3.8) is 0 Å². The van der Waals surface area contributed by atoms with E-state index in [2.05, 4.69) is 102 Å². The second kappa shape index (κ2) is 12.9. The lowest BCUT2D eigenvalue weighted by Gasteiger charge is -2.10. The van der Waals surface area contributed by atoms with Crippen molar-refractivity contribution in [2.24, 2.45) is 5.92 Å². The van der Waals surface area contributed by atoms with Gasteiger partial charge in [-0.1, -0.05) is 62.4 Å². The van der Waals surface area contributed by atoms with Gasteiger partial charge in [-0.25, -0.2) is 4.79 Å². The lowest BCUT2D eigenvalue weighted by atomic mass is 10.0. The van der Waals surface area contributed by atoms with Crippen molar-refractivity contribution >= 4 is 22.6 Å². The average Bonchev–Trinajstić information content (AvgIpc) is 2.87. The smallest absolute Gasteiger partial charge is 0.475 e. The molecule has 194 valence electrons. The third-order valence-corrected chi connectivity index (χ3v) is 5.44. The molecule has 1 heterocycles. The van der Waals surface area contributed by atoms with Gasteiger partial charge in [0.1, 0.15) is 0 Å². The van der Waals surface area contributed by atoms with E-state index in [9.17, 15) is 13.2 Å². The fraction of sp³-hybridized carbons (Fsp3) is 0.241. The van der Waals surface area contributed by atoms with E-state index in [0.717, 1.165) is 36.2 Å². The van der Waals surface area contributed by atoms with Crippen molar-refractivity contribution in [3.05, 3.63) is 96.2 Å². The van der Waals surface area contributed by atoms with Crippen LogP contribution in [-0.2, 0) is 17.9 Å². The Balaban J connectivity index is 0.000000479. The molecule has 0 unspecified atom stereocenters. The van der Waals surface area contributed by atoms with Crippen molar-refractivity contribution in [3.8, 4) is 11.1 Å². The SMILES string of the molecule is CC(C)CNCc1ccc(-c2cccc(CNc3ccc4ncccc4c3)c2)cc1.O=C(O)C(F)(F)F. The number of carbonyl (C=O) groups is 1. The van der Waals surface area contributed by atoms with Gasteiger partial charge in [-0.15, -0.1) is 0 Å². The van der Waals surface area contributed by atoms with Gasteiger partial charge < -0.3 is 15.7 Å². The maximum Gasteiger partial charge on any atom is 0.490 e. The first kappa shape index (κ1) is 27.7. The topological polar surface area (TPSA) is 74.2 Å². The monoisotopic (exact) mass is 509 g/mol. The van der Waals surface area contributed by atoms with E-state index in [1.54, 1.807) is 0 Å². The van der Waals surface area contributed by atoms with E-state index in [1.807, 2.05) is 12.3 Å². The molecule has 0 radical (unpaired) electrons. The zero-order valence-corrected chi connectivity index (χ0v) is 20.7. The minimum Gasteiger partial charge on any atom is -0.475 e. The molecule has 0 atom stereocenters. The molecule has 0 aliphatic rings. The molecule has 0 saturated carbocycles. The summed E-state index contributed by atoms with van der Waals surface area (Å²) in [4.78, 5) is 13.3. The molecule has 5 nitrogen and oxygen atoms in total. The van der Waals surface area contributed by atoms with Crippen molar-refractivity contribution in [1.29, 1.82) is 0 Å². The molecule has 4 aromatic rings. The van der Waals surface area contributed by atoms with Crippen LogP contribution in [0, 0.1) is 5.92 Å². The van der Waals surface area contributed by atoms with E-state index in [1.165, 1.54) is 22.3 Å². The van der Waals surface area contributed by atoms with Crippen LogP contribution in [0.4, 0.5) is 18.9 Å². The maximum atomic E-state index is 10.6. The van der Waals surface area contributed by atoms with Gasteiger partial charge in [0.15, 0.2) is 0 Å². The molecule has 3 aromatic carbocycles. The van der Waals surface area contributed by atoms with Crippen molar-refractivity contribution in [1.82, 2.24) is 10.3 Å². The van der Waals surface area contributed by atoms with Crippen molar-refractivity contribution in [2.75, 3.05) is 11.9 Å². The molecule has 37 heavy (non-hydrogen) atoms. The van der Waals surface area contributed by atoms with Gasteiger partial charge >= 0.3 is 12.1 Å². The van der Waals surface area contributed by atoms with E-state index in [-0.39, 0.29) is 0 Å². The van der Waals surface area contributed by atoms with Crippen LogP contribution in [0.5, 0.6) is 0 Å². The number of aromatic nitrogens is 1. The number of aliphatic carboxylic acids is 1. The van der Waals surface area contributed by atoms with E-state index < -0.39 is 12.1 Å². The Labute approximate surface area is 214 Å². The summed E-state index contributed by atoms with van der Waals surface area (Å²) in [6.07, 6.45) is -3.25. The number of hydrogen-bond donors (Lipinski definition) is 3. The van der Waals surface area contributed by atoms with Crippen LogP contribution in [0.25, 0.3) is 22.0 Å². The van der Waals surface area contributed by atoms with Crippen LogP contribution in [0.15, 0.2) is 85.1 Å². The Morgan fingerprint density at radius 2 is 1.62 bits per heavy atom. The fourth-order valence-corrected chi connectivity index (χ4v) is 3.57. The highest BCUT2D eigenvalue weighted by Gasteiger charge is 2.38. The van der Waals surface area contributed by atoms with Gasteiger partial charge in [-0.2, -0.15) is 13.2 Å². The molecule has 0 bridgehead atoms. The number of hydrogen-bond acceptors (Lipinski definition) is 4. The zero-order valence-electron chi connectivity index (χ0n) is 20.7. The Morgan fingerprint density at radius 3 is 2.30 bits per heavy atom. The Morgan fingerprint density at radius 1 is 0.892 bits per heavy atom. The van der Waals surface area contributed by atoms with Gasteiger partial charge in [0, 0.05) is 30.4 Å². The summed E-state index contributed by atoms with van der Waals surface area (Å²) in [5, 5.41) is 15.3. The van der Waals surface area contributed by atoms with Crippen LogP contribution in [-0.4, -0.2) is 28.8 Å². The molecule has 0 amide bonds. The number of benzene rings is 3. The van der Waals surface area contributed by atoms with Gasteiger partial charge in [-0.05, 0) is 65.0 Å². The highest BCUT2D eigenvalue weighted by atomic mass is 19.4. The highest BCUT2D eigenvalue weighted by molar-refractivity contribution is 5.82. The van der Waals surface area contributed by atoms with E-state index in [0.29, 0.717) is 5.92 Å². The van der Waals surface area contributed by atoms with Gasteiger partial charge in [-0.3, -0.25) is 4.98 Å². The van der Waals surface area contributed by atoms with Crippen molar-refractivity contribution < 1.29 is 23.1 Å². The summed E-state index contributed by atoms with van der Waals surface area (Å²) in [5.41, 5.74) is 7.22. The maximum absolute atomic E-state index is 10.6. The number of pyridine rings is 1. The van der Waals surface area contributed by atoms with Crippen LogP contribution in [0.3, 0.4) is 0 Å². The number of carboxylic acids is 1. The summed E-state index contributed by atoms with van der Waals surface area (Å²) in [5.74, 6) is -2.08. The Bertz CT molecular complexity index is 1310. The molecule has 4 rings (SSSR count). The summed E-state index contributed by atoms with van der Waals surface area (Å²) < 4.78 is 31.7. The number of carboxylic acid groups (broad SMARTS) is 1. The molecule has 3 N–H and O–H groups in total. The van der Waals surface area contributed by atoms with Gasteiger partial charge in [0.2, 0.25) is 0 Å². The standard InChI is InChI=1S/C27H29N3.C2HF3O2/c1-20(2)17-28-18-21-8-10-23(11-9-21)24-6-3-5-22(15-24)19-30-26-12-13-27-25(16-26)7-4-14-29-27;3-2(4,5)1(6)7/h3-16,20,28,30H,17-19H2,1-2H3;(H,6,7). The summed E-state index contributed by atoms with van der Waals surface area (Å²) in [7, 11) is 0. The number of anilines is 1.